The summed E-state index contributed by atoms with van der Waals surface area (Å²) in [6.45, 7) is 4.36. The Morgan fingerprint density at radius 1 is 1.25 bits per heavy atom. The van der Waals surface area contributed by atoms with E-state index in [0.717, 1.165) is 0 Å². The fourth-order valence-electron chi connectivity index (χ4n) is 0.195. The van der Waals surface area contributed by atoms with Crippen molar-refractivity contribution < 1.29 is 35.6 Å². The lowest BCUT2D eigenvalue weighted by molar-refractivity contribution is -0.0448. The normalized spacial score (nSPS) is 13.9. The van der Waals surface area contributed by atoms with Gasteiger partial charge in [-0.05, 0) is 0 Å². The van der Waals surface area contributed by atoms with Crippen LogP contribution in [0.15, 0.2) is 0 Å². The fraction of sp³-hybridized carbons (Fsp3) is 1.00. The smallest absolute Gasteiger partial charge is 0.326 e. The molecule has 5 nitrogen and oxygen atoms in total. The average Bonchev–Trinajstić information content (AvgIpc) is 2.13. The molecule has 100 valence electrons. The molecular formula is C6H14F3O5PS. The Hall–Kier alpha value is -0.110. The highest BCUT2D eigenvalue weighted by molar-refractivity contribution is 7.92. The van der Waals surface area contributed by atoms with Gasteiger partial charge >= 0.3 is 13.8 Å². The first kappa shape index (κ1) is 18.3. The van der Waals surface area contributed by atoms with Crippen LogP contribution >= 0.6 is 8.25 Å². The molecule has 0 amide bonds. The van der Waals surface area contributed by atoms with Gasteiger partial charge in [-0.3, -0.25) is 9.09 Å². The Morgan fingerprint density at radius 3 is 1.81 bits per heavy atom. The van der Waals surface area contributed by atoms with Crippen LogP contribution < -0.4 is 0 Å². The zero-order valence-electron chi connectivity index (χ0n) is 8.74. The second-order valence-corrected chi connectivity index (χ2v) is 5.34. The first-order valence-electron chi connectivity index (χ1n) is 4.23. The predicted molar refractivity (Wildman–Crippen MR) is 52.7 cm³/mol. The highest BCUT2D eigenvalue weighted by Crippen LogP contribution is 2.26. The van der Waals surface area contributed by atoms with E-state index in [0.29, 0.717) is 0 Å². The maximum absolute atomic E-state index is 11.4. The third kappa shape index (κ3) is 9.14. The van der Waals surface area contributed by atoms with Crippen LogP contribution in [0.3, 0.4) is 0 Å². The van der Waals surface area contributed by atoms with E-state index in [2.05, 4.69) is 18.4 Å². The number of hydrogen-bond acceptors (Lipinski definition) is 4. The summed E-state index contributed by atoms with van der Waals surface area (Å²) >= 11 is 0. The van der Waals surface area contributed by atoms with Crippen LogP contribution in [0, 0.1) is 0 Å². The Balaban J connectivity index is 0. The Kier molecular flexibility index (Phi) is 9.19. The molecule has 1 atom stereocenters. The van der Waals surface area contributed by atoms with Crippen molar-refractivity contribution in [2.24, 2.45) is 0 Å². The molecule has 0 aliphatic rings. The molecule has 0 saturated carbocycles. The lowest BCUT2D eigenvalue weighted by atomic mass is 10.4. The van der Waals surface area contributed by atoms with Crippen molar-refractivity contribution in [2.75, 3.05) is 5.94 Å². The van der Waals surface area contributed by atoms with Crippen molar-refractivity contribution in [2.45, 2.75) is 32.2 Å². The largest absolute Gasteiger partial charge is 0.499 e. The molecule has 0 bridgehead atoms. The number of rotatable bonds is 4. The van der Waals surface area contributed by atoms with E-state index >= 15 is 0 Å². The summed E-state index contributed by atoms with van der Waals surface area (Å²) in [4.78, 5) is 7.87. The molecule has 16 heavy (non-hydrogen) atoms. The number of sulfone groups is 1. The summed E-state index contributed by atoms with van der Waals surface area (Å²) in [6, 6.07) is 0. The molecule has 0 aromatic heterocycles. The van der Waals surface area contributed by atoms with Gasteiger partial charge in [-0.2, -0.15) is 13.2 Å². The molecule has 10 heteroatoms. The van der Waals surface area contributed by atoms with Gasteiger partial charge < -0.3 is 4.89 Å². The van der Waals surface area contributed by atoms with Crippen molar-refractivity contribution in [3.8, 4) is 0 Å². The van der Waals surface area contributed by atoms with Gasteiger partial charge in [0.1, 0.15) is 0 Å². The Bertz CT molecular complexity index is 298. The van der Waals surface area contributed by atoms with Gasteiger partial charge in [0.25, 0.3) is 9.84 Å². The van der Waals surface area contributed by atoms with Crippen molar-refractivity contribution in [1.82, 2.24) is 0 Å². The summed E-state index contributed by atoms with van der Waals surface area (Å²) < 4.78 is 67.6. The van der Waals surface area contributed by atoms with Gasteiger partial charge in [0.15, 0.2) is 5.94 Å². The summed E-state index contributed by atoms with van der Waals surface area (Å²) in [5.41, 5.74) is -5.45. The lowest BCUT2D eigenvalue weighted by Gasteiger charge is -2.05. The third-order valence-corrected chi connectivity index (χ3v) is 2.92. The zero-order valence-corrected chi connectivity index (χ0v) is 10.6. The highest BCUT2D eigenvalue weighted by atomic mass is 32.2. The van der Waals surface area contributed by atoms with Gasteiger partial charge in [0, 0.05) is 0 Å². The quantitative estimate of drug-likeness (QED) is 0.800. The summed E-state index contributed by atoms with van der Waals surface area (Å²) in [5.74, 6) is -1.83. The fourth-order valence-corrected chi connectivity index (χ4v) is 1.35. The molecule has 0 aromatic carbocycles. The van der Waals surface area contributed by atoms with Crippen molar-refractivity contribution in [3.05, 3.63) is 0 Å². The second kappa shape index (κ2) is 8.05. The standard InChI is InChI=1S/C4H10.C2H4F3O5PS/c1-3-4-2;3-2(4,5)12(8,9)1-10-11(6)7/h3-4H2,1-2H3;11H,1H2,(H,6,7). The van der Waals surface area contributed by atoms with E-state index in [1.807, 2.05) is 0 Å². The molecule has 1 N–H and O–H groups in total. The predicted octanol–water partition coefficient (Wildman–Crippen LogP) is 2.08. The Labute approximate surface area is 92.5 Å². The van der Waals surface area contributed by atoms with Crippen molar-refractivity contribution in [3.63, 3.8) is 0 Å². The number of unbranched alkanes of at least 4 members (excludes halogenated alkanes) is 1. The molecule has 1 unspecified atom stereocenters. The summed E-state index contributed by atoms with van der Waals surface area (Å²) in [7, 11) is -9.11. The minimum Gasteiger partial charge on any atom is -0.326 e. The molecule has 0 rings (SSSR count). The summed E-state index contributed by atoms with van der Waals surface area (Å²) in [6.07, 6.45) is 2.64. The van der Waals surface area contributed by atoms with Crippen molar-refractivity contribution >= 4 is 18.1 Å². The van der Waals surface area contributed by atoms with E-state index in [1.54, 1.807) is 0 Å². The van der Waals surface area contributed by atoms with E-state index < -0.39 is 29.5 Å². The van der Waals surface area contributed by atoms with E-state index in [1.165, 1.54) is 12.8 Å². The molecule has 0 aromatic rings. The minimum atomic E-state index is -5.45. The Morgan fingerprint density at radius 2 is 1.62 bits per heavy atom. The molecule has 0 spiro atoms. The van der Waals surface area contributed by atoms with Gasteiger partial charge in [0.05, 0.1) is 0 Å². The van der Waals surface area contributed by atoms with Crippen LogP contribution in [0.2, 0.25) is 0 Å². The van der Waals surface area contributed by atoms with E-state index in [9.17, 15) is 26.2 Å². The summed E-state index contributed by atoms with van der Waals surface area (Å²) in [5, 5.41) is 0. The van der Waals surface area contributed by atoms with Gasteiger partial charge in [-0.1, -0.05) is 26.7 Å². The van der Waals surface area contributed by atoms with Gasteiger partial charge in [0.2, 0.25) is 0 Å². The van der Waals surface area contributed by atoms with Crippen LogP contribution in [0.5, 0.6) is 0 Å². The molecule has 0 aliphatic heterocycles. The first-order valence-corrected chi connectivity index (χ1v) is 7.14. The zero-order chi connectivity index (χ0) is 13.4. The molecular weight excluding hydrogens is 272 g/mol. The topological polar surface area (TPSA) is 80.7 Å². The lowest BCUT2D eigenvalue weighted by Crippen LogP contribution is -2.26. The van der Waals surface area contributed by atoms with Gasteiger partial charge in [-0.25, -0.2) is 8.42 Å². The maximum atomic E-state index is 11.4. The van der Waals surface area contributed by atoms with Crippen LogP contribution in [0.4, 0.5) is 13.2 Å². The van der Waals surface area contributed by atoms with Crippen molar-refractivity contribution in [1.29, 1.82) is 0 Å². The molecule has 0 aliphatic carbocycles. The molecule has 0 fully saturated rings. The number of halogens is 3. The van der Waals surface area contributed by atoms with Crippen LogP contribution in [0.1, 0.15) is 26.7 Å². The van der Waals surface area contributed by atoms with Crippen LogP contribution in [-0.4, -0.2) is 24.8 Å². The molecule has 0 saturated heterocycles. The number of alkyl halides is 3. The molecule has 0 heterocycles. The maximum Gasteiger partial charge on any atom is 0.499 e. The first-order chi connectivity index (χ1) is 7.08. The molecule has 0 radical (unpaired) electrons. The minimum absolute atomic E-state index is 1.32. The van der Waals surface area contributed by atoms with Gasteiger partial charge in [-0.15, -0.1) is 0 Å². The third-order valence-electron chi connectivity index (χ3n) is 1.19. The highest BCUT2D eigenvalue weighted by Gasteiger charge is 2.45. The second-order valence-electron chi connectivity index (χ2n) is 2.59. The monoisotopic (exact) mass is 286 g/mol. The van der Waals surface area contributed by atoms with Crippen LogP contribution in [-0.2, 0) is 18.9 Å². The SMILES string of the molecule is CCCC.O=[PH](O)OCS(=O)(=O)C(F)(F)F. The van der Waals surface area contributed by atoms with E-state index in [4.69, 9.17) is 4.89 Å². The average molecular weight is 286 g/mol. The van der Waals surface area contributed by atoms with E-state index in [-0.39, 0.29) is 0 Å². The van der Waals surface area contributed by atoms with Crippen LogP contribution in [0.25, 0.3) is 0 Å². The number of hydrogen-bond donors (Lipinski definition) is 1.